The van der Waals surface area contributed by atoms with Crippen LogP contribution in [-0.4, -0.2) is 27.6 Å². The van der Waals surface area contributed by atoms with E-state index in [1.165, 1.54) is 17.7 Å². The van der Waals surface area contributed by atoms with Crippen LogP contribution in [0.25, 0.3) is 10.2 Å². The lowest BCUT2D eigenvalue weighted by Crippen LogP contribution is -2.26. The third kappa shape index (κ3) is 1.59. The molecular formula is C11H11N3O3S. The van der Waals surface area contributed by atoms with Crippen LogP contribution in [-0.2, 0) is 17.8 Å². The van der Waals surface area contributed by atoms with Gasteiger partial charge in [0.1, 0.15) is 4.83 Å². The quantitative estimate of drug-likeness (QED) is 0.847. The van der Waals surface area contributed by atoms with Gasteiger partial charge in [0.2, 0.25) is 0 Å². The van der Waals surface area contributed by atoms with Crippen LogP contribution in [0.4, 0.5) is 4.79 Å². The molecule has 7 heteroatoms. The van der Waals surface area contributed by atoms with E-state index in [-0.39, 0.29) is 11.7 Å². The van der Waals surface area contributed by atoms with Crippen LogP contribution < -0.4 is 5.56 Å². The van der Waals surface area contributed by atoms with E-state index in [1.54, 1.807) is 11.8 Å². The summed E-state index contributed by atoms with van der Waals surface area (Å²) in [4.78, 5) is 33.5. The summed E-state index contributed by atoms with van der Waals surface area (Å²) in [5, 5.41) is 0.601. The minimum absolute atomic E-state index is 0.150. The number of hydrogen-bond acceptors (Lipinski definition) is 5. The second-order valence-corrected chi connectivity index (χ2v) is 5.05. The van der Waals surface area contributed by atoms with E-state index in [9.17, 15) is 9.59 Å². The first kappa shape index (κ1) is 11.2. The number of amides is 1. The lowest BCUT2D eigenvalue weighted by atomic mass is 10.2. The van der Waals surface area contributed by atoms with E-state index in [1.807, 2.05) is 0 Å². The largest absolute Gasteiger partial charge is 0.450 e. The molecule has 6 nitrogen and oxygen atoms in total. The van der Waals surface area contributed by atoms with Crippen molar-refractivity contribution in [2.24, 2.45) is 0 Å². The van der Waals surface area contributed by atoms with Crippen molar-refractivity contribution >= 4 is 27.6 Å². The molecule has 18 heavy (non-hydrogen) atoms. The number of carbonyl (C=O) groups is 1. The van der Waals surface area contributed by atoms with Gasteiger partial charge in [-0.05, 0) is 6.92 Å². The fourth-order valence-corrected chi connectivity index (χ4v) is 3.27. The fourth-order valence-electron chi connectivity index (χ4n) is 2.10. The average molecular weight is 265 g/mol. The molecule has 3 heterocycles. The Balaban J connectivity index is 2.00. The normalized spacial score (nSPS) is 13.9. The molecule has 0 spiro atoms. The van der Waals surface area contributed by atoms with Crippen LogP contribution in [0.1, 0.15) is 17.4 Å². The van der Waals surface area contributed by atoms with Gasteiger partial charge >= 0.3 is 6.09 Å². The molecule has 0 saturated heterocycles. The minimum Gasteiger partial charge on any atom is -0.450 e. The first-order chi connectivity index (χ1) is 8.70. The molecule has 1 aliphatic heterocycles. The van der Waals surface area contributed by atoms with Gasteiger partial charge in [-0.2, -0.15) is 0 Å². The Hall–Kier alpha value is -1.89. The molecule has 94 valence electrons. The molecule has 0 fully saturated rings. The molecule has 0 aliphatic carbocycles. The maximum Gasteiger partial charge on any atom is 0.410 e. The monoisotopic (exact) mass is 265 g/mol. The lowest BCUT2D eigenvalue weighted by molar-refractivity contribution is 0.107. The number of fused-ring (bicyclic) bond motifs is 3. The molecule has 0 aromatic carbocycles. The highest BCUT2D eigenvalue weighted by Gasteiger charge is 2.29. The minimum atomic E-state index is -0.339. The summed E-state index contributed by atoms with van der Waals surface area (Å²) in [7, 11) is 0. The molecule has 0 bridgehead atoms. The molecule has 0 radical (unpaired) electrons. The molecule has 0 atom stereocenters. The number of thiophene rings is 1. The van der Waals surface area contributed by atoms with Crippen LogP contribution in [0, 0.1) is 0 Å². The number of H-pyrrole nitrogens is 1. The molecular weight excluding hydrogens is 254 g/mol. The zero-order valence-electron chi connectivity index (χ0n) is 9.73. The number of ether oxygens (including phenoxy) is 1. The molecule has 2 aromatic rings. The number of hydrogen-bond donors (Lipinski definition) is 1. The van der Waals surface area contributed by atoms with Crippen molar-refractivity contribution in [1.29, 1.82) is 0 Å². The SMILES string of the molecule is CCOC(=O)N1Cc2sc3nc[nH]c(=O)c3c2C1. The van der Waals surface area contributed by atoms with Crippen molar-refractivity contribution in [3.63, 3.8) is 0 Å². The van der Waals surface area contributed by atoms with E-state index in [0.29, 0.717) is 25.1 Å². The molecule has 2 aromatic heterocycles. The van der Waals surface area contributed by atoms with Crippen molar-refractivity contribution < 1.29 is 9.53 Å². The summed E-state index contributed by atoms with van der Waals surface area (Å²) in [5.41, 5.74) is 0.751. The Morgan fingerprint density at radius 2 is 2.44 bits per heavy atom. The Kier molecular flexibility index (Phi) is 2.55. The maximum atomic E-state index is 11.8. The highest BCUT2D eigenvalue weighted by atomic mass is 32.1. The number of nitrogens with zero attached hydrogens (tertiary/aromatic N) is 2. The van der Waals surface area contributed by atoms with Crippen LogP contribution in [0.15, 0.2) is 11.1 Å². The lowest BCUT2D eigenvalue weighted by Gasteiger charge is -2.14. The van der Waals surface area contributed by atoms with Gasteiger partial charge in [-0.15, -0.1) is 11.3 Å². The second kappa shape index (κ2) is 4.09. The highest BCUT2D eigenvalue weighted by Crippen LogP contribution is 2.34. The van der Waals surface area contributed by atoms with Gasteiger partial charge < -0.3 is 9.72 Å². The fraction of sp³-hybridized carbons (Fsp3) is 0.364. The van der Waals surface area contributed by atoms with E-state index in [4.69, 9.17) is 4.74 Å². The van der Waals surface area contributed by atoms with E-state index in [0.717, 1.165) is 15.3 Å². The number of nitrogens with one attached hydrogen (secondary N) is 1. The van der Waals surface area contributed by atoms with Gasteiger partial charge in [-0.1, -0.05) is 0 Å². The summed E-state index contributed by atoms with van der Waals surface area (Å²) in [5.74, 6) is 0. The van der Waals surface area contributed by atoms with Crippen molar-refractivity contribution in [3.05, 3.63) is 27.1 Å². The number of carbonyl (C=O) groups excluding carboxylic acids is 1. The van der Waals surface area contributed by atoms with Crippen molar-refractivity contribution in [1.82, 2.24) is 14.9 Å². The first-order valence-corrected chi connectivity index (χ1v) is 6.42. The third-order valence-corrected chi connectivity index (χ3v) is 4.01. The average Bonchev–Trinajstić information content (AvgIpc) is 2.86. The summed E-state index contributed by atoms with van der Waals surface area (Å²) >= 11 is 1.46. The Morgan fingerprint density at radius 3 is 3.22 bits per heavy atom. The number of rotatable bonds is 1. The van der Waals surface area contributed by atoms with Crippen LogP contribution >= 0.6 is 11.3 Å². The topological polar surface area (TPSA) is 75.3 Å². The summed E-state index contributed by atoms with van der Waals surface area (Å²) in [6.07, 6.45) is 1.06. The standard InChI is InChI=1S/C11H11N3O3S/c1-2-17-11(16)14-3-6-7(4-14)18-10-8(6)9(15)12-5-13-10/h5H,2-4H2,1H3,(H,12,13,15). The second-order valence-electron chi connectivity index (χ2n) is 3.97. The summed E-state index contributed by atoms with van der Waals surface area (Å²) in [6.45, 7) is 3.04. The van der Waals surface area contributed by atoms with Gasteiger partial charge in [0.15, 0.2) is 0 Å². The Bertz CT molecular complexity index is 676. The van der Waals surface area contributed by atoms with E-state index < -0.39 is 0 Å². The van der Waals surface area contributed by atoms with Gasteiger partial charge in [0.05, 0.1) is 31.4 Å². The Labute approximate surface area is 106 Å². The molecule has 3 rings (SSSR count). The smallest absolute Gasteiger partial charge is 0.410 e. The molecule has 1 amide bonds. The van der Waals surface area contributed by atoms with E-state index >= 15 is 0 Å². The van der Waals surface area contributed by atoms with Gasteiger partial charge in [0, 0.05) is 10.4 Å². The predicted octanol–water partition coefficient (Wildman–Crippen LogP) is 1.46. The third-order valence-electron chi connectivity index (χ3n) is 2.89. The highest BCUT2D eigenvalue weighted by molar-refractivity contribution is 7.18. The summed E-state index contributed by atoms with van der Waals surface area (Å²) < 4.78 is 4.96. The van der Waals surface area contributed by atoms with Crippen molar-refractivity contribution in [3.8, 4) is 0 Å². The van der Waals surface area contributed by atoms with Gasteiger partial charge in [0.25, 0.3) is 5.56 Å². The molecule has 1 aliphatic rings. The molecule has 0 unspecified atom stereocenters. The van der Waals surface area contributed by atoms with E-state index in [2.05, 4.69) is 9.97 Å². The number of aromatic amines is 1. The van der Waals surface area contributed by atoms with Gasteiger partial charge in [-0.3, -0.25) is 9.69 Å². The van der Waals surface area contributed by atoms with Crippen LogP contribution in [0.3, 0.4) is 0 Å². The molecule has 1 N–H and O–H groups in total. The number of aromatic nitrogens is 2. The first-order valence-electron chi connectivity index (χ1n) is 5.60. The van der Waals surface area contributed by atoms with Gasteiger partial charge in [-0.25, -0.2) is 9.78 Å². The maximum absolute atomic E-state index is 11.8. The molecule has 0 saturated carbocycles. The zero-order chi connectivity index (χ0) is 12.7. The Morgan fingerprint density at radius 1 is 1.61 bits per heavy atom. The zero-order valence-corrected chi connectivity index (χ0v) is 10.5. The van der Waals surface area contributed by atoms with Crippen LogP contribution in [0.2, 0.25) is 0 Å². The van der Waals surface area contributed by atoms with Crippen LogP contribution in [0.5, 0.6) is 0 Å². The van der Waals surface area contributed by atoms with Crippen molar-refractivity contribution in [2.45, 2.75) is 20.0 Å². The summed E-state index contributed by atoms with van der Waals surface area (Å²) in [6, 6.07) is 0. The predicted molar refractivity (Wildman–Crippen MR) is 66.5 cm³/mol. The van der Waals surface area contributed by atoms with Crippen molar-refractivity contribution in [2.75, 3.05) is 6.61 Å².